The van der Waals surface area contributed by atoms with Crippen LogP contribution in [0.25, 0.3) is 22.4 Å². The Kier molecular flexibility index (Phi) is 5.27. The van der Waals surface area contributed by atoms with Gasteiger partial charge in [-0.3, -0.25) is 0 Å². The van der Waals surface area contributed by atoms with Crippen LogP contribution in [0.5, 0.6) is 0 Å². The van der Waals surface area contributed by atoms with Crippen LogP contribution in [-0.4, -0.2) is 34.2 Å². The molecule has 0 amide bonds. The van der Waals surface area contributed by atoms with Gasteiger partial charge < -0.3 is 13.8 Å². The van der Waals surface area contributed by atoms with E-state index in [9.17, 15) is 0 Å². The van der Waals surface area contributed by atoms with Gasteiger partial charge in [-0.05, 0) is 68.3 Å². The standard InChI is InChI=1S/C25H24N4O2/c1-17-4-3-10-29(17)11-9-22-15-21-14-20(7-8-23(21)30-22)25-27-24(31-28-25)13-18-5-2-6-19(12-18)16-26/h2,5-8,12,14-15,17H,3-4,9-11,13H2,1H3/t17-/m1/s1. The number of nitrogens with zero attached hydrogens (tertiary/aromatic N) is 4. The Labute approximate surface area is 181 Å². The van der Waals surface area contributed by atoms with Crippen LogP contribution in [0.2, 0.25) is 0 Å². The van der Waals surface area contributed by atoms with Gasteiger partial charge in [-0.25, -0.2) is 0 Å². The molecular formula is C25H24N4O2. The van der Waals surface area contributed by atoms with E-state index in [0.29, 0.717) is 29.7 Å². The molecule has 0 N–H and O–H groups in total. The molecule has 0 unspecified atom stereocenters. The van der Waals surface area contributed by atoms with Gasteiger partial charge >= 0.3 is 0 Å². The SMILES string of the molecule is C[C@@H]1CCCN1CCc1cc2cc(-c3noc(Cc4cccc(C#N)c4)n3)ccc2o1. The molecule has 2 aromatic carbocycles. The Balaban J connectivity index is 1.30. The summed E-state index contributed by atoms with van der Waals surface area (Å²) in [6.07, 6.45) is 4.00. The number of benzene rings is 2. The van der Waals surface area contributed by atoms with Crippen LogP contribution < -0.4 is 0 Å². The first-order valence-corrected chi connectivity index (χ1v) is 10.8. The zero-order chi connectivity index (χ0) is 21.2. The fourth-order valence-corrected chi connectivity index (χ4v) is 4.31. The highest BCUT2D eigenvalue weighted by molar-refractivity contribution is 5.82. The molecule has 5 rings (SSSR count). The second-order valence-electron chi connectivity index (χ2n) is 8.24. The molecule has 31 heavy (non-hydrogen) atoms. The molecule has 3 heterocycles. The van der Waals surface area contributed by atoms with Gasteiger partial charge in [0.05, 0.1) is 18.1 Å². The van der Waals surface area contributed by atoms with Crippen molar-refractivity contribution in [2.24, 2.45) is 0 Å². The second kappa shape index (κ2) is 8.37. The van der Waals surface area contributed by atoms with Crippen LogP contribution in [0.15, 0.2) is 57.5 Å². The van der Waals surface area contributed by atoms with Gasteiger partial charge in [0.15, 0.2) is 0 Å². The van der Waals surface area contributed by atoms with E-state index in [1.807, 2.05) is 36.4 Å². The molecule has 0 aliphatic carbocycles. The molecule has 1 atom stereocenters. The van der Waals surface area contributed by atoms with E-state index in [2.05, 4.69) is 34.1 Å². The fraction of sp³-hybridized carbons (Fsp3) is 0.320. The summed E-state index contributed by atoms with van der Waals surface area (Å²) in [5.41, 5.74) is 3.37. The van der Waals surface area contributed by atoms with Crippen LogP contribution >= 0.6 is 0 Å². The highest BCUT2D eigenvalue weighted by Gasteiger charge is 2.20. The summed E-state index contributed by atoms with van der Waals surface area (Å²) in [5, 5.41) is 14.3. The zero-order valence-electron chi connectivity index (χ0n) is 17.5. The monoisotopic (exact) mass is 412 g/mol. The van der Waals surface area contributed by atoms with Crippen LogP contribution in [-0.2, 0) is 12.8 Å². The molecule has 0 radical (unpaired) electrons. The highest BCUT2D eigenvalue weighted by Crippen LogP contribution is 2.26. The lowest BCUT2D eigenvalue weighted by molar-refractivity contribution is 0.266. The summed E-state index contributed by atoms with van der Waals surface area (Å²) < 4.78 is 11.5. The predicted octanol–water partition coefficient (Wildman–Crippen LogP) is 4.97. The van der Waals surface area contributed by atoms with Crippen LogP contribution in [0.3, 0.4) is 0 Å². The molecule has 0 saturated carbocycles. The molecule has 1 aliphatic rings. The molecule has 0 bridgehead atoms. The van der Waals surface area contributed by atoms with Gasteiger partial charge in [0.1, 0.15) is 11.3 Å². The minimum Gasteiger partial charge on any atom is -0.461 e. The Morgan fingerprint density at radius 3 is 2.97 bits per heavy atom. The Morgan fingerprint density at radius 2 is 2.13 bits per heavy atom. The van der Waals surface area contributed by atoms with Crippen molar-refractivity contribution in [3.8, 4) is 17.5 Å². The van der Waals surface area contributed by atoms with E-state index in [0.717, 1.165) is 40.8 Å². The van der Waals surface area contributed by atoms with Crippen LogP contribution in [0.4, 0.5) is 0 Å². The lowest BCUT2D eigenvalue weighted by Crippen LogP contribution is -2.28. The summed E-state index contributed by atoms with van der Waals surface area (Å²) in [6.45, 7) is 4.53. The van der Waals surface area contributed by atoms with Gasteiger partial charge in [-0.2, -0.15) is 10.2 Å². The third kappa shape index (κ3) is 4.23. The van der Waals surface area contributed by atoms with E-state index in [1.54, 1.807) is 6.07 Å². The Hall–Kier alpha value is -3.43. The first kappa shape index (κ1) is 19.5. The number of furan rings is 1. The molecule has 6 nitrogen and oxygen atoms in total. The van der Waals surface area contributed by atoms with Crippen molar-refractivity contribution >= 4 is 11.0 Å². The topological polar surface area (TPSA) is 79.1 Å². The molecule has 4 aromatic rings. The summed E-state index contributed by atoms with van der Waals surface area (Å²) >= 11 is 0. The lowest BCUT2D eigenvalue weighted by atomic mass is 10.1. The maximum atomic E-state index is 9.06. The minimum atomic E-state index is 0.496. The minimum absolute atomic E-state index is 0.496. The number of nitriles is 1. The first-order chi connectivity index (χ1) is 15.2. The number of rotatable bonds is 6. The average Bonchev–Trinajstić information content (AvgIpc) is 3.51. The normalized spacial score (nSPS) is 16.7. The molecule has 0 spiro atoms. The van der Waals surface area contributed by atoms with E-state index in [1.165, 1.54) is 19.4 Å². The van der Waals surface area contributed by atoms with Crippen molar-refractivity contribution in [1.29, 1.82) is 5.26 Å². The fourth-order valence-electron chi connectivity index (χ4n) is 4.31. The number of hydrogen-bond acceptors (Lipinski definition) is 6. The Bertz CT molecular complexity index is 1250. The summed E-state index contributed by atoms with van der Waals surface area (Å²) in [7, 11) is 0. The maximum absolute atomic E-state index is 9.06. The van der Waals surface area contributed by atoms with Gasteiger partial charge in [-0.15, -0.1) is 0 Å². The predicted molar refractivity (Wildman–Crippen MR) is 117 cm³/mol. The molecule has 2 aromatic heterocycles. The third-order valence-corrected chi connectivity index (χ3v) is 6.04. The van der Waals surface area contributed by atoms with Gasteiger partial charge in [0.25, 0.3) is 0 Å². The van der Waals surface area contributed by atoms with Gasteiger partial charge in [0.2, 0.25) is 11.7 Å². The average molecular weight is 412 g/mol. The smallest absolute Gasteiger partial charge is 0.231 e. The number of likely N-dealkylation sites (tertiary alicyclic amines) is 1. The molecule has 156 valence electrons. The summed E-state index contributed by atoms with van der Waals surface area (Å²) in [4.78, 5) is 7.08. The largest absolute Gasteiger partial charge is 0.461 e. The van der Waals surface area contributed by atoms with Crippen LogP contribution in [0.1, 0.15) is 42.5 Å². The van der Waals surface area contributed by atoms with Gasteiger partial charge in [0, 0.05) is 30.0 Å². The molecular weight excluding hydrogens is 388 g/mol. The summed E-state index contributed by atoms with van der Waals surface area (Å²) in [6, 6.07) is 18.4. The quantitative estimate of drug-likeness (QED) is 0.445. The lowest BCUT2D eigenvalue weighted by Gasteiger charge is -2.19. The number of fused-ring (bicyclic) bond motifs is 1. The van der Waals surface area contributed by atoms with E-state index >= 15 is 0 Å². The van der Waals surface area contributed by atoms with Crippen molar-refractivity contribution < 1.29 is 8.94 Å². The molecule has 6 heteroatoms. The van der Waals surface area contributed by atoms with Crippen molar-refractivity contribution in [2.75, 3.05) is 13.1 Å². The van der Waals surface area contributed by atoms with Crippen molar-refractivity contribution in [2.45, 2.75) is 38.6 Å². The van der Waals surface area contributed by atoms with E-state index in [4.69, 9.17) is 14.2 Å². The second-order valence-corrected chi connectivity index (χ2v) is 8.24. The molecule has 1 fully saturated rings. The maximum Gasteiger partial charge on any atom is 0.231 e. The van der Waals surface area contributed by atoms with E-state index < -0.39 is 0 Å². The zero-order valence-corrected chi connectivity index (χ0v) is 17.5. The Morgan fingerprint density at radius 1 is 1.19 bits per heavy atom. The number of hydrogen-bond donors (Lipinski definition) is 0. The van der Waals surface area contributed by atoms with Crippen molar-refractivity contribution in [1.82, 2.24) is 15.0 Å². The van der Waals surface area contributed by atoms with Gasteiger partial charge in [-0.1, -0.05) is 17.3 Å². The summed E-state index contributed by atoms with van der Waals surface area (Å²) in [5.74, 6) is 2.09. The van der Waals surface area contributed by atoms with Crippen molar-refractivity contribution in [3.63, 3.8) is 0 Å². The highest BCUT2D eigenvalue weighted by atomic mass is 16.5. The molecule has 1 aliphatic heterocycles. The first-order valence-electron chi connectivity index (χ1n) is 10.8. The molecule has 1 saturated heterocycles. The van der Waals surface area contributed by atoms with Crippen LogP contribution in [0, 0.1) is 11.3 Å². The third-order valence-electron chi connectivity index (χ3n) is 6.04. The van der Waals surface area contributed by atoms with Crippen molar-refractivity contribution in [3.05, 3.63) is 71.3 Å². The number of aromatic nitrogens is 2. The van der Waals surface area contributed by atoms with E-state index in [-0.39, 0.29) is 0 Å².